The van der Waals surface area contributed by atoms with Crippen molar-refractivity contribution in [2.75, 3.05) is 23.3 Å². The molecule has 24 heavy (non-hydrogen) atoms. The molecule has 0 heterocycles. The summed E-state index contributed by atoms with van der Waals surface area (Å²) in [7, 11) is 0. The molecule has 1 amide bonds. The van der Waals surface area contributed by atoms with Gasteiger partial charge in [-0.25, -0.2) is 0 Å². The van der Waals surface area contributed by atoms with Crippen molar-refractivity contribution in [3.8, 4) is 11.5 Å². The van der Waals surface area contributed by atoms with Gasteiger partial charge in [0.2, 0.25) is 5.91 Å². The van der Waals surface area contributed by atoms with Crippen LogP contribution in [-0.4, -0.2) is 29.2 Å². The molecule has 0 aliphatic heterocycles. The Kier molecular flexibility index (Phi) is 5.68. The summed E-state index contributed by atoms with van der Waals surface area (Å²) in [6.45, 7) is 8.07. The minimum atomic E-state index is -0.222. The lowest BCUT2D eigenvalue weighted by Crippen LogP contribution is -2.22. The fraction of sp³-hybridized carbons (Fsp3) is 0.316. The van der Waals surface area contributed by atoms with Gasteiger partial charge in [-0.2, -0.15) is 0 Å². The number of anilines is 2. The number of aromatic hydroxyl groups is 2. The molecule has 128 valence electrons. The number of benzene rings is 2. The molecule has 2 rings (SSSR count). The number of amides is 1. The van der Waals surface area contributed by atoms with Crippen molar-refractivity contribution in [3.05, 3.63) is 47.5 Å². The Morgan fingerprint density at radius 3 is 2.33 bits per heavy atom. The number of phenols is 2. The van der Waals surface area contributed by atoms with Crippen LogP contribution in [0.15, 0.2) is 36.4 Å². The highest BCUT2D eigenvalue weighted by molar-refractivity contribution is 5.93. The summed E-state index contributed by atoms with van der Waals surface area (Å²) in [4.78, 5) is 14.4. The molecule has 0 aromatic heterocycles. The molecule has 0 saturated carbocycles. The molecule has 0 radical (unpaired) electrons. The summed E-state index contributed by atoms with van der Waals surface area (Å²) < 4.78 is 0. The second-order valence-corrected chi connectivity index (χ2v) is 5.72. The molecule has 0 aliphatic rings. The monoisotopic (exact) mass is 328 g/mol. The number of aryl methyl sites for hydroxylation is 1. The van der Waals surface area contributed by atoms with Gasteiger partial charge in [0.15, 0.2) is 11.5 Å². The molecule has 0 bridgehead atoms. The zero-order chi connectivity index (χ0) is 17.7. The van der Waals surface area contributed by atoms with Crippen LogP contribution in [0.2, 0.25) is 0 Å². The first-order chi connectivity index (χ1) is 11.4. The molecule has 2 aromatic carbocycles. The molecule has 0 fully saturated rings. The lowest BCUT2D eigenvalue weighted by Gasteiger charge is -2.22. The molecular weight excluding hydrogens is 304 g/mol. The van der Waals surface area contributed by atoms with Crippen LogP contribution in [-0.2, 0) is 11.2 Å². The third kappa shape index (κ3) is 4.19. The second-order valence-electron chi connectivity index (χ2n) is 5.72. The lowest BCUT2D eigenvalue weighted by molar-refractivity contribution is -0.115. The van der Waals surface area contributed by atoms with Gasteiger partial charge >= 0.3 is 0 Å². The van der Waals surface area contributed by atoms with Crippen LogP contribution >= 0.6 is 0 Å². The van der Waals surface area contributed by atoms with Crippen LogP contribution in [0.4, 0.5) is 11.4 Å². The summed E-state index contributed by atoms with van der Waals surface area (Å²) in [5.41, 5.74) is 3.55. The third-order valence-electron chi connectivity index (χ3n) is 4.02. The van der Waals surface area contributed by atoms with Crippen LogP contribution < -0.4 is 10.2 Å². The van der Waals surface area contributed by atoms with Gasteiger partial charge in [-0.05, 0) is 62.2 Å². The van der Waals surface area contributed by atoms with Gasteiger partial charge in [0.05, 0.1) is 6.42 Å². The molecule has 0 spiro atoms. The van der Waals surface area contributed by atoms with E-state index < -0.39 is 0 Å². The Morgan fingerprint density at radius 1 is 1.04 bits per heavy atom. The second kappa shape index (κ2) is 7.73. The predicted octanol–water partition coefficient (Wildman–Crippen LogP) is 3.43. The number of hydrogen-bond donors (Lipinski definition) is 3. The van der Waals surface area contributed by atoms with E-state index in [4.69, 9.17) is 0 Å². The maximum absolute atomic E-state index is 12.2. The van der Waals surface area contributed by atoms with Gasteiger partial charge < -0.3 is 20.4 Å². The van der Waals surface area contributed by atoms with Crippen molar-refractivity contribution in [3.63, 3.8) is 0 Å². The molecule has 5 heteroatoms. The number of rotatable bonds is 6. The fourth-order valence-corrected chi connectivity index (χ4v) is 2.63. The number of carbonyl (C=O) groups excluding carboxylic acids is 1. The van der Waals surface area contributed by atoms with Gasteiger partial charge in [0.25, 0.3) is 0 Å². The molecule has 0 aliphatic carbocycles. The Balaban J connectivity index is 2.07. The van der Waals surface area contributed by atoms with Crippen LogP contribution in [0.5, 0.6) is 11.5 Å². The largest absolute Gasteiger partial charge is 0.504 e. The minimum absolute atomic E-state index is 0.130. The first-order valence-electron chi connectivity index (χ1n) is 8.10. The van der Waals surface area contributed by atoms with Gasteiger partial charge in [0.1, 0.15) is 0 Å². The SMILES string of the molecule is CCN(CC)c1ccc(NC(=O)Cc2ccc(O)c(O)c2)c(C)c1. The van der Waals surface area contributed by atoms with E-state index in [0.29, 0.717) is 5.56 Å². The van der Waals surface area contributed by atoms with Crippen LogP contribution in [0.3, 0.4) is 0 Å². The van der Waals surface area contributed by atoms with Gasteiger partial charge in [-0.15, -0.1) is 0 Å². The number of hydrogen-bond acceptors (Lipinski definition) is 4. The summed E-state index contributed by atoms with van der Waals surface area (Å²) in [5, 5.41) is 21.7. The van der Waals surface area contributed by atoms with Crippen molar-refractivity contribution in [1.82, 2.24) is 0 Å². The molecule has 0 atom stereocenters. The minimum Gasteiger partial charge on any atom is -0.504 e. The van der Waals surface area contributed by atoms with Crippen molar-refractivity contribution >= 4 is 17.3 Å². The van der Waals surface area contributed by atoms with E-state index in [1.54, 1.807) is 6.07 Å². The number of phenolic OH excluding ortho intramolecular Hbond substituents is 2. The maximum atomic E-state index is 12.2. The lowest BCUT2D eigenvalue weighted by atomic mass is 10.1. The standard InChI is InChI=1S/C19H24N2O3/c1-4-21(5-2)15-7-8-16(13(3)10-15)20-19(24)12-14-6-9-17(22)18(23)11-14/h6-11,22-23H,4-5,12H2,1-3H3,(H,20,24). The van der Waals surface area contributed by atoms with Gasteiger partial charge in [0, 0.05) is 24.5 Å². The number of nitrogens with one attached hydrogen (secondary N) is 1. The van der Waals surface area contributed by atoms with E-state index in [1.165, 1.54) is 12.1 Å². The number of carbonyl (C=O) groups is 1. The van der Waals surface area contributed by atoms with E-state index in [2.05, 4.69) is 30.1 Å². The fourth-order valence-electron chi connectivity index (χ4n) is 2.63. The Hall–Kier alpha value is -2.69. The van der Waals surface area contributed by atoms with E-state index in [1.807, 2.05) is 19.1 Å². The average molecular weight is 328 g/mol. The van der Waals surface area contributed by atoms with E-state index in [9.17, 15) is 15.0 Å². The summed E-state index contributed by atoms with van der Waals surface area (Å²) >= 11 is 0. The molecule has 5 nitrogen and oxygen atoms in total. The van der Waals surface area contributed by atoms with Crippen molar-refractivity contribution in [1.29, 1.82) is 0 Å². The van der Waals surface area contributed by atoms with E-state index in [0.717, 1.165) is 30.0 Å². The molecule has 0 saturated heterocycles. The van der Waals surface area contributed by atoms with Crippen LogP contribution in [0.1, 0.15) is 25.0 Å². The van der Waals surface area contributed by atoms with Gasteiger partial charge in [-0.1, -0.05) is 6.07 Å². The average Bonchev–Trinajstić information content (AvgIpc) is 2.54. The van der Waals surface area contributed by atoms with Crippen molar-refractivity contribution < 1.29 is 15.0 Å². The zero-order valence-corrected chi connectivity index (χ0v) is 14.3. The van der Waals surface area contributed by atoms with Crippen LogP contribution in [0, 0.1) is 6.92 Å². The van der Waals surface area contributed by atoms with Crippen molar-refractivity contribution in [2.24, 2.45) is 0 Å². The number of nitrogens with zero attached hydrogens (tertiary/aromatic N) is 1. The predicted molar refractivity (Wildman–Crippen MR) is 96.8 cm³/mol. The Morgan fingerprint density at radius 2 is 1.75 bits per heavy atom. The Bertz CT molecular complexity index is 725. The first kappa shape index (κ1) is 17.7. The highest BCUT2D eigenvalue weighted by atomic mass is 16.3. The highest BCUT2D eigenvalue weighted by Gasteiger charge is 2.10. The summed E-state index contributed by atoms with van der Waals surface area (Å²) in [6.07, 6.45) is 0.130. The third-order valence-corrected chi connectivity index (χ3v) is 4.02. The van der Waals surface area contributed by atoms with E-state index in [-0.39, 0.29) is 23.8 Å². The molecule has 0 unspecified atom stereocenters. The maximum Gasteiger partial charge on any atom is 0.228 e. The highest BCUT2D eigenvalue weighted by Crippen LogP contribution is 2.26. The van der Waals surface area contributed by atoms with Crippen LogP contribution in [0.25, 0.3) is 0 Å². The summed E-state index contributed by atoms with van der Waals surface area (Å²) in [5.74, 6) is -0.583. The quantitative estimate of drug-likeness (QED) is 0.710. The first-order valence-corrected chi connectivity index (χ1v) is 8.10. The molecule has 3 N–H and O–H groups in total. The van der Waals surface area contributed by atoms with Crippen molar-refractivity contribution in [2.45, 2.75) is 27.2 Å². The smallest absolute Gasteiger partial charge is 0.228 e. The zero-order valence-electron chi connectivity index (χ0n) is 14.3. The van der Waals surface area contributed by atoms with Gasteiger partial charge in [-0.3, -0.25) is 4.79 Å². The molecular formula is C19H24N2O3. The Labute approximate surface area is 142 Å². The van der Waals surface area contributed by atoms with E-state index >= 15 is 0 Å². The molecule has 2 aromatic rings. The topological polar surface area (TPSA) is 72.8 Å². The summed E-state index contributed by atoms with van der Waals surface area (Å²) in [6, 6.07) is 10.4. The normalized spacial score (nSPS) is 10.5.